The molecule has 0 spiro atoms. The van der Waals surface area contributed by atoms with Crippen LogP contribution in [0.2, 0.25) is 0 Å². The van der Waals surface area contributed by atoms with Gasteiger partial charge in [0, 0.05) is 25.4 Å². The number of benzene rings is 1. The molecule has 1 aromatic heterocycles. The van der Waals surface area contributed by atoms with Crippen LogP contribution in [0, 0.1) is 10.1 Å². The number of aromatic carboxylic acids is 1. The summed E-state index contributed by atoms with van der Waals surface area (Å²) in [5.41, 5.74) is 2.74. The lowest BCUT2D eigenvalue weighted by Crippen LogP contribution is -2.06. The number of nitro groups is 1. The van der Waals surface area contributed by atoms with Crippen molar-refractivity contribution in [3.63, 3.8) is 0 Å². The number of carboxylic acid groups (broad SMARTS) is 1. The lowest BCUT2D eigenvalue weighted by atomic mass is 10.1. The first-order valence-electron chi connectivity index (χ1n) is 6.78. The van der Waals surface area contributed by atoms with Gasteiger partial charge in [-0.05, 0) is 35.2 Å². The summed E-state index contributed by atoms with van der Waals surface area (Å²) < 4.78 is 1.59. The second-order valence-corrected chi connectivity index (χ2v) is 4.86. The molecule has 114 valence electrons. The Balaban J connectivity index is 2.32. The molecule has 1 heterocycles. The quantitative estimate of drug-likeness (QED) is 0.677. The molecule has 1 N–H and O–H groups in total. The van der Waals surface area contributed by atoms with Crippen molar-refractivity contribution in [2.24, 2.45) is 7.05 Å². The third-order valence-corrected chi connectivity index (χ3v) is 3.44. The normalized spacial score (nSPS) is 11.0. The number of carbonyl (C=O) groups is 1. The van der Waals surface area contributed by atoms with Gasteiger partial charge in [0.15, 0.2) is 0 Å². The summed E-state index contributed by atoms with van der Waals surface area (Å²) in [6.07, 6.45) is 6.02. The van der Waals surface area contributed by atoms with Crippen LogP contribution in [-0.2, 0) is 13.5 Å². The van der Waals surface area contributed by atoms with Crippen molar-refractivity contribution in [3.8, 4) is 0 Å². The van der Waals surface area contributed by atoms with E-state index in [0.717, 1.165) is 16.7 Å². The molecule has 2 rings (SSSR count). The fourth-order valence-electron chi connectivity index (χ4n) is 2.39. The van der Waals surface area contributed by atoms with Crippen LogP contribution in [0.3, 0.4) is 0 Å². The Morgan fingerprint density at radius 3 is 2.45 bits per heavy atom. The highest BCUT2D eigenvalue weighted by atomic mass is 16.6. The van der Waals surface area contributed by atoms with Crippen molar-refractivity contribution in [2.75, 3.05) is 0 Å². The zero-order valence-corrected chi connectivity index (χ0v) is 12.3. The van der Waals surface area contributed by atoms with Gasteiger partial charge in [-0.3, -0.25) is 10.1 Å². The third-order valence-electron chi connectivity index (χ3n) is 3.44. The maximum atomic E-state index is 11.3. The first kappa shape index (κ1) is 15.5. The van der Waals surface area contributed by atoms with Crippen LogP contribution in [0.25, 0.3) is 12.2 Å². The Labute approximate surface area is 127 Å². The van der Waals surface area contributed by atoms with Crippen LogP contribution < -0.4 is 0 Å². The van der Waals surface area contributed by atoms with E-state index in [-0.39, 0.29) is 11.4 Å². The fraction of sp³-hybridized carbons (Fsp3) is 0.188. The van der Waals surface area contributed by atoms with Crippen LogP contribution in [-0.4, -0.2) is 20.6 Å². The highest BCUT2D eigenvalue weighted by Crippen LogP contribution is 2.21. The van der Waals surface area contributed by atoms with E-state index in [1.54, 1.807) is 29.9 Å². The molecule has 0 aliphatic heterocycles. The molecular formula is C16H16N2O4. The van der Waals surface area contributed by atoms with Crippen molar-refractivity contribution < 1.29 is 14.8 Å². The number of nitrogens with zero attached hydrogens (tertiary/aromatic N) is 2. The predicted molar refractivity (Wildman–Crippen MR) is 83.8 cm³/mol. The minimum absolute atomic E-state index is 0.0410. The van der Waals surface area contributed by atoms with E-state index in [2.05, 4.69) is 0 Å². The molecule has 0 aliphatic rings. The van der Waals surface area contributed by atoms with Gasteiger partial charge >= 0.3 is 5.97 Å². The van der Waals surface area contributed by atoms with Crippen molar-refractivity contribution >= 4 is 23.8 Å². The van der Waals surface area contributed by atoms with Gasteiger partial charge in [0.2, 0.25) is 0 Å². The largest absolute Gasteiger partial charge is 0.477 e. The molecule has 22 heavy (non-hydrogen) atoms. The van der Waals surface area contributed by atoms with Gasteiger partial charge < -0.3 is 9.67 Å². The van der Waals surface area contributed by atoms with E-state index in [1.807, 2.05) is 19.1 Å². The number of non-ortho nitro benzene ring substituents is 1. The fourth-order valence-corrected chi connectivity index (χ4v) is 2.39. The van der Waals surface area contributed by atoms with Gasteiger partial charge in [-0.25, -0.2) is 4.79 Å². The van der Waals surface area contributed by atoms with Crippen LogP contribution in [0.1, 0.15) is 34.1 Å². The van der Waals surface area contributed by atoms with E-state index in [9.17, 15) is 20.0 Å². The summed E-state index contributed by atoms with van der Waals surface area (Å²) in [5, 5.41) is 19.9. The molecule has 0 aliphatic carbocycles. The van der Waals surface area contributed by atoms with Crippen LogP contribution in [0.5, 0.6) is 0 Å². The topological polar surface area (TPSA) is 85.4 Å². The Hall–Kier alpha value is -2.89. The third kappa shape index (κ3) is 3.06. The molecular weight excluding hydrogens is 284 g/mol. The number of carboxylic acids is 1. The van der Waals surface area contributed by atoms with Crippen LogP contribution in [0.4, 0.5) is 5.69 Å². The Morgan fingerprint density at radius 1 is 1.32 bits per heavy atom. The lowest BCUT2D eigenvalue weighted by molar-refractivity contribution is -0.384. The van der Waals surface area contributed by atoms with Gasteiger partial charge in [0.05, 0.1) is 4.92 Å². The number of rotatable bonds is 5. The average molecular weight is 300 g/mol. The summed E-state index contributed by atoms with van der Waals surface area (Å²) in [6, 6.07) is 6.19. The summed E-state index contributed by atoms with van der Waals surface area (Å²) in [7, 11) is 1.70. The molecule has 0 saturated carbocycles. The molecule has 0 amide bonds. The molecule has 0 unspecified atom stereocenters. The standard InChI is InChI=1S/C16H16N2O4/c1-3-14-12(10-17(2)15(14)16(19)20)7-4-11-5-8-13(9-6-11)18(21)22/h4-10H,3H2,1-2H3,(H,19,20)/b7-4+. The molecule has 6 nitrogen and oxygen atoms in total. The average Bonchev–Trinajstić information content (AvgIpc) is 2.81. The van der Waals surface area contributed by atoms with E-state index in [0.29, 0.717) is 6.42 Å². The first-order chi connectivity index (χ1) is 10.4. The van der Waals surface area contributed by atoms with E-state index in [1.165, 1.54) is 12.1 Å². The molecule has 0 radical (unpaired) electrons. The van der Waals surface area contributed by atoms with Gasteiger partial charge in [-0.1, -0.05) is 19.1 Å². The summed E-state index contributed by atoms with van der Waals surface area (Å²) >= 11 is 0. The SMILES string of the molecule is CCc1c(/C=C/c2ccc([N+](=O)[O-])cc2)cn(C)c1C(=O)O. The number of aromatic nitrogens is 1. The maximum absolute atomic E-state index is 11.3. The molecule has 0 atom stereocenters. The second-order valence-electron chi connectivity index (χ2n) is 4.86. The van der Waals surface area contributed by atoms with Crippen molar-refractivity contribution in [3.05, 3.63) is 63.0 Å². The summed E-state index contributed by atoms with van der Waals surface area (Å²) in [5.74, 6) is -0.950. The minimum Gasteiger partial charge on any atom is -0.477 e. The van der Waals surface area contributed by atoms with Gasteiger partial charge in [0.25, 0.3) is 5.69 Å². The molecule has 6 heteroatoms. The number of aryl methyl sites for hydroxylation is 1. The predicted octanol–water partition coefficient (Wildman–Crippen LogP) is 3.36. The molecule has 0 fully saturated rings. The van der Waals surface area contributed by atoms with E-state index < -0.39 is 10.9 Å². The van der Waals surface area contributed by atoms with Crippen molar-refractivity contribution in [1.29, 1.82) is 0 Å². The van der Waals surface area contributed by atoms with Crippen molar-refractivity contribution in [1.82, 2.24) is 4.57 Å². The highest BCUT2D eigenvalue weighted by molar-refractivity contribution is 5.90. The van der Waals surface area contributed by atoms with E-state index >= 15 is 0 Å². The molecule has 1 aromatic carbocycles. The Kier molecular flexibility index (Phi) is 4.41. The lowest BCUT2D eigenvalue weighted by Gasteiger charge is -2.00. The van der Waals surface area contributed by atoms with Crippen LogP contribution >= 0.6 is 0 Å². The number of hydrogen-bond donors (Lipinski definition) is 1. The zero-order valence-electron chi connectivity index (χ0n) is 12.3. The van der Waals surface area contributed by atoms with Crippen LogP contribution in [0.15, 0.2) is 30.5 Å². The van der Waals surface area contributed by atoms with Gasteiger partial charge in [0.1, 0.15) is 5.69 Å². The molecule has 2 aromatic rings. The van der Waals surface area contributed by atoms with E-state index in [4.69, 9.17) is 0 Å². The summed E-state index contributed by atoms with van der Waals surface area (Å²) in [4.78, 5) is 21.4. The molecule has 0 bridgehead atoms. The monoisotopic (exact) mass is 300 g/mol. The van der Waals surface area contributed by atoms with Gasteiger partial charge in [-0.15, -0.1) is 0 Å². The highest BCUT2D eigenvalue weighted by Gasteiger charge is 2.16. The maximum Gasteiger partial charge on any atom is 0.352 e. The summed E-state index contributed by atoms with van der Waals surface area (Å²) in [6.45, 7) is 1.91. The Morgan fingerprint density at radius 2 is 1.95 bits per heavy atom. The smallest absolute Gasteiger partial charge is 0.352 e. The van der Waals surface area contributed by atoms with Crippen molar-refractivity contribution in [2.45, 2.75) is 13.3 Å². The number of hydrogen-bond acceptors (Lipinski definition) is 3. The number of nitro benzene ring substituents is 1. The first-order valence-corrected chi connectivity index (χ1v) is 6.78. The Bertz CT molecular complexity index is 742. The minimum atomic E-state index is -0.950. The van der Waals surface area contributed by atoms with Gasteiger partial charge in [-0.2, -0.15) is 0 Å². The second kappa shape index (κ2) is 6.26. The molecule has 0 saturated heterocycles. The zero-order chi connectivity index (χ0) is 16.3.